The Morgan fingerprint density at radius 1 is 1.73 bits per heavy atom. The van der Waals surface area contributed by atoms with Crippen LogP contribution in [0.5, 0.6) is 0 Å². The van der Waals surface area contributed by atoms with Crippen LogP contribution in [0, 0.1) is 5.41 Å². The first-order valence-electron chi connectivity index (χ1n) is 3.88. The Kier molecular flexibility index (Phi) is 2.52. The van der Waals surface area contributed by atoms with Crippen LogP contribution in [-0.2, 0) is 9.57 Å². The zero-order valence-corrected chi connectivity index (χ0v) is 7.09. The van der Waals surface area contributed by atoms with Crippen LogP contribution < -0.4 is 5.90 Å². The smallest absolute Gasteiger partial charge is 0.130 e. The summed E-state index contributed by atoms with van der Waals surface area (Å²) >= 11 is 0. The van der Waals surface area contributed by atoms with Gasteiger partial charge in [0.2, 0.25) is 0 Å². The minimum absolute atomic E-state index is 0.0325. The van der Waals surface area contributed by atoms with Gasteiger partial charge in [0, 0.05) is 0 Å². The lowest BCUT2D eigenvalue weighted by Gasteiger charge is -2.38. The van der Waals surface area contributed by atoms with E-state index in [1.54, 1.807) is 0 Å². The Morgan fingerprint density at radius 2 is 2.36 bits per heavy atom. The maximum absolute atomic E-state index is 5.13. The van der Waals surface area contributed by atoms with Crippen molar-refractivity contribution in [3.63, 3.8) is 0 Å². The molecule has 0 bridgehead atoms. The molecular formula is C8H15NO2. The number of ether oxygens (including phenoxy) is 1. The molecule has 3 nitrogen and oxygen atoms in total. The molecule has 64 valence electrons. The number of hydrogen-bond acceptors (Lipinski definition) is 3. The maximum Gasteiger partial charge on any atom is 0.130 e. The molecule has 0 saturated carbocycles. The van der Waals surface area contributed by atoms with E-state index in [0.717, 1.165) is 25.4 Å². The zero-order valence-electron chi connectivity index (χ0n) is 7.09. The Labute approximate surface area is 67.1 Å². The molecule has 0 spiro atoms. The van der Waals surface area contributed by atoms with Crippen LogP contribution in [0.3, 0.4) is 0 Å². The predicted octanol–water partition coefficient (Wildman–Crippen LogP) is 1.21. The average molecular weight is 157 g/mol. The van der Waals surface area contributed by atoms with Gasteiger partial charge in [-0.1, -0.05) is 6.92 Å². The highest BCUT2D eigenvalue weighted by Crippen LogP contribution is 2.34. The molecule has 0 aromatic rings. The molecule has 1 aliphatic rings. The lowest BCUT2D eigenvalue weighted by molar-refractivity contribution is -0.105. The van der Waals surface area contributed by atoms with Gasteiger partial charge >= 0.3 is 0 Å². The quantitative estimate of drug-likeness (QED) is 0.494. The molecule has 1 aliphatic heterocycles. The van der Waals surface area contributed by atoms with Crippen molar-refractivity contribution in [1.29, 1.82) is 0 Å². The van der Waals surface area contributed by atoms with Crippen molar-refractivity contribution in [3.8, 4) is 0 Å². The van der Waals surface area contributed by atoms with Gasteiger partial charge in [0.1, 0.15) is 5.76 Å². The van der Waals surface area contributed by atoms with Gasteiger partial charge in [-0.3, -0.25) is 0 Å². The lowest BCUT2D eigenvalue weighted by atomic mass is 9.86. The molecule has 0 amide bonds. The first-order valence-corrected chi connectivity index (χ1v) is 3.88. The number of allylic oxidation sites excluding steroid dienone is 1. The average Bonchev–Trinajstić information content (AvgIpc) is 1.96. The van der Waals surface area contributed by atoms with Gasteiger partial charge in [-0.15, -0.1) is 0 Å². The van der Waals surface area contributed by atoms with Crippen molar-refractivity contribution in [2.75, 3.05) is 13.2 Å². The second kappa shape index (κ2) is 3.24. The summed E-state index contributed by atoms with van der Waals surface area (Å²) < 4.78 is 5.09. The van der Waals surface area contributed by atoms with Crippen molar-refractivity contribution in [2.24, 2.45) is 11.3 Å². The fourth-order valence-corrected chi connectivity index (χ4v) is 1.17. The van der Waals surface area contributed by atoms with Crippen LogP contribution in [0.25, 0.3) is 0 Å². The Morgan fingerprint density at radius 3 is 2.64 bits per heavy atom. The highest BCUT2D eigenvalue weighted by molar-refractivity contribution is 5.09. The van der Waals surface area contributed by atoms with Crippen LogP contribution in [0.2, 0.25) is 0 Å². The van der Waals surface area contributed by atoms with Gasteiger partial charge < -0.3 is 9.57 Å². The minimum atomic E-state index is 0.0325. The molecule has 0 unspecified atom stereocenters. The molecular weight excluding hydrogens is 142 g/mol. The van der Waals surface area contributed by atoms with Crippen LogP contribution in [0.4, 0.5) is 0 Å². The summed E-state index contributed by atoms with van der Waals surface area (Å²) in [6, 6.07) is 0. The molecule has 0 atom stereocenters. The Hall–Kier alpha value is -0.540. The fourth-order valence-electron chi connectivity index (χ4n) is 1.17. The van der Waals surface area contributed by atoms with Gasteiger partial charge in [0.15, 0.2) is 0 Å². The molecule has 0 radical (unpaired) electrons. The maximum atomic E-state index is 5.13. The number of hydrogen-bond donors (Lipinski definition) is 1. The first kappa shape index (κ1) is 8.56. The monoisotopic (exact) mass is 157 g/mol. The van der Waals surface area contributed by atoms with E-state index < -0.39 is 0 Å². The second-order valence-electron chi connectivity index (χ2n) is 3.15. The van der Waals surface area contributed by atoms with Crippen molar-refractivity contribution in [1.82, 2.24) is 0 Å². The molecule has 1 heterocycles. The van der Waals surface area contributed by atoms with E-state index in [2.05, 4.69) is 13.8 Å². The van der Waals surface area contributed by atoms with Gasteiger partial charge in [-0.2, -0.15) is 5.90 Å². The molecule has 1 rings (SSSR count). The minimum Gasteiger partial charge on any atom is -0.416 e. The normalized spacial score (nSPS) is 22.6. The molecule has 0 aromatic carbocycles. The molecule has 2 N–H and O–H groups in total. The summed E-state index contributed by atoms with van der Waals surface area (Å²) in [5.74, 6) is 5.98. The van der Waals surface area contributed by atoms with Gasteiger partial charge in [-0.25, -0.2) is 0 Å². The molecule has 3 heteroatoms. The summed E-state index contributed by atoms with van der Waals surface area (Å²) in [6.07, 6.45) is 2.95. The van der Waals surface area contributed by atoms with Gasteiger partial charge in [0.05, 0.1) is 18.6 Å². The van der Waals surface area contributed by atoms with Gasteiger partial charge in [-0.05, 0) is 19.4 Å². The Bertz CT molecular complexity index is 161. The zero-order chi connectivity index (χ0) is 8.32. The summed E-state index contributed by atoms with van der Waals surface area (Å²) in [4.78, 5) is 4.78. The standard InChI is InChI=1S/C8H15NO2/c1-3-4-7(11-9)8(2)5-10-6-8/h4H,3,5-6,9H2,1-2H3/b7-4-. The van der Waals surface area contributed by atoms with Crippen molar-refractivity contribution in [2.45, 2.75) is 20.3 Å². The van der Waals surface area contributed by atoms with Crippen molar-refractivity contribution >= 4 is 0 Å². The third-order valence-electron chi connectivity index (χ3n) is 1.95. The van der Waals surface area contributed by atoms with E-state index in [1.807, 2.05) is 6.08 Å². The first-order chi connectivity index (χ1) is 5.23. The molecule has 0 aromatic heterocycles. The molecule has 1 fully saturated rings. The van der Waals surface area contributed by atoms with E-state index >= 15 is 0 Å². The summed E-state index contributed by atoms with van der Waals surface area (Å²) in [5.41, 5.74) is 0.0325. The van der Waals surface area contributed by atoms with E-state index in [1.165, 1.54) is 0 Å². The third-order valence-corrected chi connectivity index (χ3v) is 1.95. The fraction of sp³-hybridized carbons (Fsp3) is 0.750. The highest BCUT2D eigenvalue weighted by atomic mass is 16.6. The molecule has 1 saturated heterocycles. The van der Waals surface area contributed by atoms with Crippen molar-refractivity contribution < 1.29 is 9.57 Å². The molecule has 0 aliphatic carbocycles. The van der Waals surface area contributed by atoms with E-state index in [0.29, 0.717) is 0 Å². The lowest BCUT2D eigenvalue weighted by Crippen LogP contribution is -2.42. The number of rotatable bonds is 3. The third kappa shape index (κ3) is 1.54. The second-order valence-corrected chi connectivity index (χ2v) is 3.15. The number of nitrogens with two attached hydrogens (primary N) is 1. The largest absolute Gasteiger partial charge is 0.416 e. The Balaban J connectivity index is 2.60. The summed E-state index contributed by atoms with van der Waals surface area (Å²) in [6.45, 7) is 5.58. The van der Waals surface area contributed by atoms with E-state index in [9.17, 15) is 0 Å². The van der Waals surface area contributed by atoms with E-state index in [4.69, 9.17) is 15.5 Å². The highest BCUT2D eigenvalue weighted by Gasteiger charge is 2.38. The van der Waals surface area contributed by atoms with Crippen molar-refractivity contribution in [3.05, 3.63) is 11.8 Å². The summed E-state index contributed by atoms with van der Waals surface area (Å²) in [5, 5.41) is 0. The summed E-state index contributed by atoms with van der Waals surface area (Å²) in [7, 11) is 0. The van der Waals surface area contributed by atoms with E-state index in [-0.39, 0.29) is 5.41 Å². The van der Waals surface area contributed by atoms with Crippen LogP contribution >= 0.6 is 0 Å². The molecule has 11 heavy (non-hydrogen) atoms. The van der Waals surface area contributed by atoms with Gasteiger partial charge in [0.25, 0.3) is 0 Å². The van der Waals surface area contributed by atoms with Crippen LogP contribution in [0.15, 0.2) is 11.8 Å². The topological polar surface area (TPSA) is 44.5 Å². The predicted molar refractivity (Wildman–Crippen MR) is 42.6 cm³/mol. The SMILES string of the molecule is CC/C=C(\ON)C1(C)COC1. The van der Waals surface area contributed by atoms with Crippen LogP contribution in [-0.4, -0.2) is 13.2 Å². The van der Waals surface area contributed by atoms with Crippen LogP contribution in [0.1, 0.15) is 20.3 Å².